The molecule has 0 aromatic heterocycles. The summed E-state index contributed by atoms with van der Waals surface area (Å²) in [5.41, 5.74) is 6.30. The van der Waals surface area contributed by atoms with Crippen LogP contribution in [0.25, 0.3) is 0 Å². The van der Waals surface area contributed by atoms with E-state index in [0.29, 0.717) is 6.04 Å². The van der Waals surface area contributed by atoms with E-state index in [1.54, 1.807) is 0 Å². The van der Waals surface area contributed by atoms with Gasteiger partial charge in [-0.2, -0.15) is 0 Å². The molecule has 0 radical (unpaired) electrons. The molecule has 0 saturated heterocycles. The van der Waals surface area contributed by atoms with E-state index in [1.807, 2.05) is 0 Å². The summed E-state index contributed by atoms with van der Waals surface area (Å²) < 4.78 is 0. The van der Waals surface area contributed by atoms with Gasteiger partial charge >= 0.3 is 0 Å². The van der Waals surface area contributed by atoms with Gasteiger partial charge in [-0.25, -0.2) is 0 Å². The van der Waals surface area contributed by atoms with E-state index in [2.05, 4.69) is 30.7 Å². The Kier molecular flexibility index (Phi) is 3.64. The lowest BCUT2D eigenvalue weighted by Gasteiger charge is -2.41. The minimum atomic E-state index is 0.184. The lowest BCUT2D eigenvalue weighted by atomic mass is 9.89. The second-order valence-electron chi connectivity index (χ2n) is 6.41. The first kappa shape index (κ1) is 12.7. The summed E-state index contributed by atoms with van der Waals surface area (Å²) in [6.45, 7) is 7.82. The molecule has 2 aliphatic rings. The predicted molar refractivity (Wildman–Crippen MR) is 73.1 cm³/mol. The molecule has 2 rings (SSSR count). The Bertz CT molecular complexity index is 292. The van der Waals surface area contributed by atoms with Crippen LogP contribution in [-0.4, -0.2) is 29.0 Å². The molecule has 1 atom stereocenters. The van der Waals surface area contributed by atoms with Gasteiger partial charge in [-0.15, -0.1) is 0 Å². The number of guanidine groups is 1. The summed E-state index contributed by atoms with van der Waals surface area (Å²) in [5.74, 6) is 1.56. The molecule has 3 heteroatoms. The van der Waals surface area contributed by atoms with Crippen molar-refractivity contribution >= 4 is 5.96 Å². The molecular weight excluding hydrogens is 210 g/mol. The lowest BCUT2D eigenvalue weighted by Crippen LogP contribution is -2.54. The van der Waals surface area contributed by atoms with Crippen molar-refractivity contribution in [1.82, 2.24) is 4.90 Å². The fraction of sp³-hybridized carbons (Fsp3) is 0.929. The number of hydrogen-bond acceptors (Lipinski definition) is 3. The van der Waals surface area contributed by atoms with Crippen molar-refractivity contribution in [2.75, 3.05) is 6.54 Å². The van der Waals surface area contributed by atoms with Gasteiger partial charge in [-0.1, -0.05) is 26.7 Å². The smallest absolute Gasteiger partial charge is 0.192 e. The largest absolute Gasteiger partial charge is 0.370 e. The lowest BCUT2D eigenvalue weighted by molar-refractivity contribution is 0.148. The third-order valence-electron chi connectivity index (χ3n) is 4.36. The van der Waals surface area contributed by atoms with Crippen LogP contribution in [0.15, 0.2) is 4.99 Å². The number of nitrogens with two attached hydrogens (primary N) is 1. The van der Waals surface area contributed by atoms with E-state index >= 15 is 0 Å². The molecule has 1 fully saturated rings. The second-order valence-corrected chi connectivity index (χ2v) is 6.41. The van der Waals surface area contributed by atoms with Crippen molar-refractivity contribution in [2.24, 2.45) is 16.6 Å². The first-order valence-corrected chi connectivity index (χ1v) is 7.12. The standard InChI is InChI=1S/C14H27N3/c1-11(2)8-9-14(3)10-16-13(15)17(14)12-6-4-5-7-12/h11-12H,4-10H2,1-3H3,(H2,15,16). The van der Waals surface area contributed by atoms with Crippen LogP contribution < -0.4 is 5.73 Å². The van der Waals surface area contributed by atoms with Crippen LogP contribution in [0.3, 0.4) is 0 Å². The first-order valence-electron chi connectivity index (χ1n) is 7.12. The van der Waals surface area contributed by atoms with Crippen LogP contribution in [-0.2, 0) is 0 Å². The van der Waals surface area contributed by atoms with Gasteiger partial charge in [0.2, 0.25) is 0 Å². The van der Waals surface area contributed by atoms with Crippen molar-refractivity contribution in [2.45, 2.75) is 70.9 Å². The highest BCUT2D eigenvalue weighted by Gasteiger charge is 2.42. The Hall–Kier alpha value is -0.730. The van der Waals surface area contributed by atoms with E-state index in [4.69, 9.17) is 5.73 Å². The fourth-order valence-corrected chi connectivity index (χ4v) is 3.27. The van der Waals surface area contributed by atoms with Crippen LogP contribution in [0.1, 0.15) is 59.3 Å². The van der Waals surface area contributed by atoms with Crippen LogP contribution in [0, 0.1) is 5.92 Å². The third kappa shape index (κ3) is 2.58. The molecular formula is C14H27N3. The monoisotopic (exact) mass is 237 g/mol. The Morgan fingerprint density at radius 3 is 2.65 bits per heavy atom. The average molecular weight is 237 g/mol. The Morgan fingerprint density at radius 2 is 2.06 bits per heavy atom. The van der Waals surface area contributed by atoms with E-state index < -0.39 is 0 Å². The van der Waals surface area contributed by atoms with Crippen molar-refractivity contribution in [3.8, 4) is 0 Å². The molecule has 1 unspecified atom stereocenters. The molecule has 3 nitrogen and oxygen atoms in total. The molecule has 1 heterocycles. The molecule has 0 aromatic carbocycles. The van der Waals surface area contributed by atoms with E-state index in [1.165, 1.54) is 38.5 Å². The quantitative estimate of drug-likeness (QED) is 0.817. The molecule has 1 saturated carbocycles. The van der Waals surface area contributed by atoms with Crippen LogP contribution in [0.5, 0.6) is 0 Å². The van der Waals surface area contributed by atoms with Crippen LogP contribution in [0.2, 0.25) is 0 Å². The minimum Gasteiger partial charge on any atom is -0.370 e. The van der Waals surface area contributed by atoms with Gasteiger partial charge in [-0.3, -0.25) is 4.99 Å². The normalized spacial score (nSPS) is 30.4. The summed E-state index contributed by atoms with van der Waals surface area (Å²) in [5, 5.41) is 0. The number of aliphatic imine (C=N–C) groups is 1. The zero-order valence-electron chi connectivity index (χ0n) is 11.6. The van der Waals surface area contributed by atoms with Crippen molar-refractivity contribution < 1.29 is 0 Å². The summed E-state index contributed by atoms with van der Waals surface area (Å²) in [6, 6.07) is 0.651. The summed E-state index contributed by atoms with van der Waals surface area (Å²) >= 11 is 0. The highest BCUT2D eigenvalue weighted by atomic mass is 15.4. The highest BCUT2D eigenvalue weighted by Crippen LogP contribution is 2.35. The SMILES string of the molecule is CC(C)CCC1(C)CN=C(N)N1C1CCCC1. The number of rotatable bonds is 4. The molecule has 0 amide bonds. The Labute approximate surface area is 105 Å². The van der Waals surface area contributed by atoms with Gasteiger partial charge in [0.1, 0.15) is 0 Å². The van der Waals surface area contributed by atoms with E-state index in [-0.39, 0.29) is 5.54 Å². The number of hydrogen-bond donors (Lipinski definition) is 1. The molecule has 1 aliphatic heterocycles. The van der Waals surface area contributed by atoms with Gasteiger partial charge in [0.25, 0.3) is 0 Å². The van der Waals surface area contributed by atoms with E-state index in [0.717, 1.165) is 18.4 Å². The highest BCUT2D eigenvalue weighted by molar-refractivity contribution is 5.81. The van der Waals surface area contributed by atoms with Crippen molar-refractivity contribution in [3.05, 3.63) is 0 Å². The van der Waals surface area contributed by atoms with Gasteiger partial charge in [-0.05, 0) is 38.5 Å². The van der Waals surface area contributed by atoms with Crippen LogP contribution >= 0.6 is 0 Å². The fourth-order valence-electron chi connectivity index (χ4n) is 3.27. The third-order valence-corrected chi connectivity index (χ3v) is 4.36. The number of nitrogens with zero attached hydrogens (tertiary/aromatic N) is 2. The maximum absolute atomic E-state index is 6.12. The zero-order valence-corrected chi connectivity index (χ0v) is 11.6. The van der Waals surface area contributed by atoms with Crippen molar-refractivity contribution in [3.63, 3.8) is 0 Å². The van der Waals surface area contributed by atoms with Crippen molar-refractivity contribution in [1.29, 1.82) is 0 Å². The molecule has 0 bridgehead atoms. The summed E-state index contributed by atoms with van der Waals surface area (Å²) in [4.78, 5) is 6.96. The van der Waals surface area contributed by atoms with Gasteiger partial charge in [0.05, 0.1) is 12.1 Å². The summed E-state index contributed by atoms with van der Waals surface area (Å²) in [6.07, 6.45) is 7.79. The second kappa shape index (κ2) is 4.87. The van der Waals surface area contributed by atoms with Gasteiger partial charge < -0.3 is 10.6 Å². The first-order chi connectivity index (χ1) is 8.03. The Morgan fingerprint density at radius 1 is 1.41 bits per heavy atom. The molecule has 0 spiro atoms. The molecule has 98 valence electrons. The van der Waals surface area contributed by atoms with Crippen LogP contribution in [0.4, 0.5) is 0 Å². The molecule has 2 N–H and O–H groups in total. The minimum absolute atomic E-state index is 0.184. The van der Waals surface area contributed by atoms with E-state index in [9.17, 15) is 0 Å². The average Bonchev–Trinajstić information content (AvgIpc) is 2.85. The zero-order chi connectivity index (χ0) is 12.5. The molecule has 0 aromatic rings. The topological polar surface area (TPSA) is 41.6 Å². The predicted octanol–water partition coefficient (Wildman–Crippen LogP) is 2.75. The Balaban J connectivity index is 2.05. The van der Waals surface area contributed by atoms with Gasteiger partial charge in [0.15, 0.2) is 5.96 Å². The molecule has 17 heavy (non-hydrogen) atoms. The maximum Gasteiger partial charge on any atom is 0.192 e. The van der Waals surface area contributed by atoms with Gasteiger partial charge in [0, 0.05) is 6.04 Å². The summed E-state index contributed by atoms with van der Waals surface area (Å²) in [7, 11) is 0. The molecule has 1 aliphatic carbocycles. The maximum atomic E-state index is 6.12.